The van der Waals surface area contributed by atoms with Gasteiger partial charge in [0.15, 0.2) is 5.82 Å². The fourth-order valence-electron chi connectivity index (χ4n) is 3.23. The zero-order valence-corrected chi connectivity index (χ0v) is 20.6. The van der Waals surface area contributed by atoms with Crippen molar-refractivity contribution in [2.24, 2.45) is 0 Å². The van der Waals surface area contributed by atoms with Crippen LogP contribution in [-0.4, -0.2) is 28.5 Å². The molecule has 0 saturated carbocycles. The average molecular weight is 547 g/mol. The quantitative estimate of drug-likeness (QED) is 0.206. The van der Waals surface area contributed by atoms with Crippen LogP contribution in [0.15, 0.2) is 48.7 Å². The highest BCUT2D eigenvalue weighted by molar-refractivity contribution is 6.35. The molecule has 0 aliphatic carbocycles. The highest BCUT2D eigenvalue weighted by atomic mass is 35.5. The summed E-state index contributed by atoms with van der Waals surface area (Å²) in [6.45, 7) is 4.92. The monoisotopic (exact) mass is 546 g/mol. The van der Waals surface area contributed by atoms with Gasteiger partial charge in [-0.15, -0.1) is 5.48 Å². The average Bonchev–Trinajstić information content (AvgIpc) is 3.17. The van der Waals surface area contributed by atoms with Crippen molar-refractivity contribution in [3.8, 4) is 0 Å². The number of amides is 1. The lowest BCUT2D eigenvalue weighted by molar-refractivity contribution is -0.139. The molecule has 0 spiro atoms. The summed E-state index contributed by atoms with van der Waals surface area (Å²) in [6.07, 6.45) is -3.07. The van der Waals surface area contributed by atoms with Gasteiger partial charge in [-0.2, -0.15) is 13.2 Å². The van der Waals surface area contributed by atoms with Gasteiger partial charge in [0.2, 0.25) is 0 Å². The van der Waals surface area contributed by atoms with Crippen LogP contribution in [0.5, 0.6) is 0 Å². The standard InChI is InChI=1S/C24H20Cl2F4N2O4/c1-23(2,3)35-21(33)31-36-22(34)32-9-8-14-10-13(5-7-19(14)32)4-6-16(24(28,29)30)15-11-17(25)20(27)18(26)12-15/h4-12,16H,1-3H3,(H,31,33)/b6-4+. The van der Waals surface area contributed by atoms with Crippen LogP contribution < -0.4 is 5.48 Å². The number of benzene rings is 2. The molecule has 1 heterocycles. The molecule has 0 bridgehead atoms. The van der Waals surface area contributed by atoms with Gasteiger partial charge in [0, 0.05) is 11.6 Å². The Labute approximate surface area is 213 Å². The third-order valence-corrected chi connectivity index (χ3v) is 5.28. The number of nitrogens with one attached hydrogen (secondary N) is 1. The Balaban J connectivity index is 1.80. The minimum atomic E-state index is -4.70. The second-order valence-corrected chi connectivity index (χ2v) is 9.47. The van der Waals surface area contributed by atoms with Gasteiger partial charge in [0.25, 0.3) is 0 Å². The van der Waals surface area contributed by atoms with E-state index in [1.54, 1.807) is 32.9 Å². The molecule has 1 amide bonds. The van der Waals surface area contributed by atoms with Gasteiger partial charge in [-0.3, -0.25) is 4.57 Å². The molecule has 1 atom stereocenters. The molecule has 0 aliphatic rings. The molecule has 0 saturated heterocycles. The molecule has 3 aromatic rings. The summed E-state index contributed by atoms with van der Waals surface area (Å²) >= 11 is 11.3. The van der Waals surface area contributed by atoms with Crippen molar-refractivity contribution in [3.05, 3.63) is 75.7 Å². The molecule has 0 aliphatic heterocycles. The van der Waals surface area contributed by atoms with E-state index >= 15 is 0 Å². The van der Waals surface area contributed by atoms with E-state index in [0.29, 0.717) is 16.5 Å². The summed E-state index contributed by atoms with van der Waals surface area (Å²) in [5.74, 6) is -3.09. The number of hydrogen-bond donors (Lipinski definition) is 1. The van der Waals surface area contributed by atoms with Crippen molar-refractivity contribution >= 4 is 52.4 Å². The lowest BCUT2D eigenvalue weighted by Gasteiger charge is -2.19. The summed E-state index contributed by atoms with van der Waals surface area (Å²) in [5.41, 5.74) is 1.56. The number of carbonyl (C=O) groups is 2. The first-order valence-electron chi connectivity index (χ1n) is 10.4. The molecule has 0 radical (unpaired) electrons. The molecule has 6 nitrogen and oxygen atoms in total. The number of hydroxylamine groups is 1. The second kappa shape index (κ2) is 10.4. The number of hydrogen-bond acceptors (Lipinski definition) is 4. The van der Waals surface area contributed by atoms with Crippen LogP contribution in [0.1, 0.15) is 37.8 Å². The maximum Gasteiger partial charge on any atom is 0.442 e. The molecule has 1 aromatic heterocycles. The Hall–Kier alpha value is -3.24. The third kappa shape index (κ3) is 6.70. The van der Waals surface area contributed by atoms with Crippen molar-refractivity contribution in [1.82, 2.24) is 10.0 Å². The Morgan fingerprint density at radius 2 is 1.69 bits per heavy atom. The number of aromatic nitrogens is 1. The van der Waals surface area contributed by atoms with Gasteiger partial charge in [0.1, 0.15) is 5.60 Å². The number of nitrogens with zero attached hydrogens (tertiary/aromatic N) is 1. The Bertz CT molecular complexity index is 1310. The van der Waals surface area contributed by atoms with E-state index in [-0.39, 0.29) is 5.56 Å². The minimum Gasteiger partial charge on any atom is -0.442 e. The zero-order chi connectivity index (χ0) is 26.8. The van der Waals surface area contributed by atoms with Gasteiger partial charge in [0.05, 0.1) is 21.5 Å². The second-order valence-electron chi connectivity index (χ2n) is 8.65. The van der Waals surface area contributed by atoms with E-state index in [0.717, 1.165) is 22.8 Å². The van der Waals surface area contributed by atoms with E-state index in [4.69, 9.17) is 32.8 Å². The zero-order valence-electron chi connectivity index (χ0n) is 19.1. The molecule has 2 aromatic carbocycles. The van der Waals surface area contributed by atoms with Crippen molar-refractivity contribution in [2.75, 3.05) is 0 Å². The van der Waals surface area contributed by atoms with Crippen LogP contribution in [0.3, 0.4) is 0 Å². The van der Waals surface area contributed by atoms with E-state index in [2.05, 4.69) is 0 Å². The summed E-state index contributed by atoms with van der Waals surface area (Å²) in [7, 11) is 0. The summed E-state index contributed by atoms with van der Waals surface area (Å²) in [6, 6.07) is 7.84. The first-order chi connectivity index (χ1) is 16.7. The van der Waals surface area contributed by atoms with E-state index in [1.165, 1.54) is 24.4 Å². The minimum absolute atomic E-state index is 0.317. The lowest BCUT2D eigenvalue weighted by Crippen LogP contribution is -2.34. The fourth-order valence-corrected chi connectivity index (χ4v) is 3.73. The van der Waals surface area contributed by atoms with Gasteiger partial charge in [-0.1, -0.05) is 41.4 Å². The van der Waals surface area contributed by atoms with Gasteiger partial charge in [-0.25, -0.2) is 14.0 Å². The van der Waals surface area contributed by atoms with Crippen LogP contribution in [0.25, 0.3) is 17.0 Å². The van der Waals surface area contributed by atoms with Crippen LogP contribution in [0.2, 0.25) is 10.0 Å². The number of ether oxygens (including phenoxy) is 1. The SMILES string of the molecule is CC(C)(C)OC(=O)NOC(=O)n1ccc2cc(/C=C/C(c3cc(Cl)c(F)c(Cl)c3)C(F)(F)F)ccc21. The van der Waals surface area contributed by atoms with E-state index in [1.807, 2.05) is 5.48 Å². The first-order valence-corrected chi connectivity index (χ1v) is 11.1. The normalized spacial score (nSPS) is 13.1. The number of carbonyl (C=O) groups excluding carboxylic acids is 2. The maximum atomic E-state index is 13.7. The fraction of sp³-hybridized carbons (Fsp3) is 0.250. The molecule has 36 heavy (non-hydrogen) atoms. The Morgan fingerprint density at radius 3 is 2.28 bits per heavy atom. The van der Waals surface area contributed by atoms with Crippen LogP contribution in [0.4, 0.5) is 27.2 Å². The van der Waals surface area contributed by atoms with E-state index < -0.39 is 45.7 Å². The molecular weight excluding hydrogens is 527 g/mol. The number of fused-ring (bicyclic) bond motifs is 1. The van der Waals surface area contributed by atoms with Crippen LogP contribution in [-0.2, 0) is 9.57 Å². The van der Waals surface area contributed by atoms with Crippen LogP contribution >= 0.6 is 23.2 Å². The largest absolute Gasteiger partial charge is 0.442 e. The van der Waals surface area contributed by atoms with E-state index in [9.17, 15) is 27.2 Å². The highest BCUT2D eigenvalue weighted by Gasteiger charge is 2.39. The van der Waals surface area contributed by atoms with Gasteiger partial charge < -0.3 is 9.57 Å². The predicted molar refractivity (Wildman–Crippen MR) is 127 cm³/mol. The van der Waals surface area contributed by atoms with Crippen LogP contribution in [0, 0.1) is 5.82 Å². The highest BCUT2D eigenvalue weighted by Crippen LogP contribution is 2.39. The molecular formula is C24H20Cl2F4N2O4. The smallest absolute Gasteiger partial charge is 0.442 e. The lowest BCUT2D eigenvalue weighted by atomic mass is 9.97. The van der Waals surface area contributed by atoms with Crippen molar-refractivity contribution in [3.63, 3.8) is 0 Å². The molecule has 1 N–H and O–H groups in total. The number of rotatable bonds is 3. The third-order valence-electron chi connectivity index (χ3n) is 4.73. The van der Waals surface area contributed by atoms with Crippen molar-refractivity contribution < 1.29 is 36.7 Å². The number of allylic oxidation sites excluding steroid dienone is 1. The number of halogens is 6. The van der Waals surface area contributed by atoms with Crippen molar-refractivity contribution in [2.45, 2.75) is 38.5 Å². The molecule has 3 rings (SSSR count). The molecule has 192 valence electrons. The summed E-state index contributed by atoms with van der Waals surface area (Å²) < 4.78 is 60.9. The Kier molecular flexibility index (Phi) is 7.90. The first kappa shape index (κ1) is 27.3. The Morgan fingerprint density at radius 1 is 1.06 bits per heavy atom. The van der Waals surface area contributed by atoms with Gasteiger partial charge in [-0.05, 0) is 62.2 Å². The topological polar surface area (TPSA) is 69.6 Å². The predicted octanol–water partition coefficient (Wildman–Crippen LogP) is 7.87. The summed E-state index contributed by atoms with van der Waals surface area (Å²) in [4.78, 5) is 28.7. The van der Waals surface area contributed by atoms with Crippen molar-refractivity contribution in [1.29, 1.82) is 0 Å². The number of alkyl halides is 3. The maximum absolute atomic E-state index is 13.7. The summed E-state index contributed by atoms with van der Waals surface area (Å²) in [5, 5.41) is -0.519. The van der Waals surface area contributed by atoms with Gasteiger partial charge >= 0.3 is 18.4 Å². The molecule has 1 unspecified atom stereocenters. The molecule has 12 heteroatoms. The molecule has 0 fully saturated rings.